The normalized spacial score (nSPS) is 29.7. The van der Waals surface area contributed by atoms with Gasteiger partial charge in [0.05, 0.1) is 6.10 Å². The van der Waals surface area contributed by atoms with Gasteiger partial charge in [0.15, 0.2) is 0 Å². The van der Waals surface area contributed by atoms with Crippen LogP contribution in [0.4, 0.5) is 0 Å². The van der Waals surface area contributed by atoms with Crippen LogP contribution in [0.2, 0.25) is 0 Å². The Bertz CT molecular complexity index is 233. The monoisotopic (exact) mass is 215 g/mol. The molecule has 5 nitrogen and oxygen atoms in total. The summed E-state index contributed by atoms with van der Waals surface area (Å²) in [5, 5.41) is 11.5. The second-order valence-corrected chi connectivity index (χ2v) is 4.24. The van der Waals surface area contributed by atoms with Crippen LogP contribution in [0.3, 0.4) is 0 Å². The van der Waals surface area contributed by atoms with Gasteiger partial charge in [0.1, 0.15) is 5.84 Å². The standard InChI is InChI=1S/C10H21N3O2/c1-7(6-10(11)12-14)13(3)9-4-5-15-8(9)2/h7-9,14H,4-6H2,1-3H3,(H2,11,12). The molecule has 0 aromatic heterocycles. The number of nitrogens with two attached hydrogens (primary N) is 1. The molecular weight excluding hydrogens is 194 g/mol. The van der Waals surface area contributed by atoms with E-state index in [-0.39, 0.29) is 18.0 Å². The van der Waals surface area contributed by atoms with Crippen LogP contribution in [0, 0.1) is 0 Å². The first kappa shape index (κ1) is 12.3. The van der Waals surface area contributed by atoms with Gasteiger partial charge in [-0.3, -0.25) is 4.90 Å². The molecule has 3 atom stereocenters. The summed E-state index contributed by atoms with van der Waals surface area (Å²) in [6.45, 7) is 4.99. The van der Waals surface area contributed by atoms with Crippen molar-refractivity contribution >= 4 is 5.84 Å². The molecule has 0 spiro atoms. The van der Waals surface area contributed by atoms with E-state index >= 15 is 0 Å². The lowest BCUT2D eigenvalue weighted by Gasteiger charge is -2.31. The highest BCUT2D eigenvalue weighted by Gasteiger charge is 2.30. The third kappa shape index (κ3) is 3.07. The molecule has 5 heteroatoms. The molecule has 1 heterocycles. The van der Waals surface area contributed by atoms with E-state index in [9.17, 15) is 0 Å². The molecule has 1 rings (SSSR count). The Morgan fingerprint density at radius 1 is 1.73 bits per heavy atom. The lowest BCUT2D eigenvalue weighted by atomic mass is 10.1. The van der Waals surface area contributed by atoms with E-state index in [1.807, 2.05) is 0 Å². The van der Waals surface area contributed by atoms with Gasteiger partial charge < -0.3 is 15.7 Å². The summed E-state index contributed by atoms with van der Waals surface area (Å²) in [5.41, 5.74) is 5.49. The summed E-state index contributed by atoms with van der Waals surface area (Å²) < 4.78 is 5.52. The molecule has 15 heavy (non-hydrogen) atoms. The predicted molar refractivity (Wildman–Crippen MR) is 59.1 cm³/mol. The average molecular weight is 215 g/mol. The first-order valence-corrected chi connectivity index (χ1v) is 5.36. The van der Waals surface area contributed by atoms with Gasteiger partial charge in [0.2, 0.25) is 0 Å². The van der Waals surface area contributed by atoms with Crippen molar-refractivity contribution in [2.45, 2.75) is 44.9 Å². The van der Waals surface area contributed by atoms with Crippen LogP contribution >= 0.6 is 0 Å². The minimum Gasteiger partial charge on any atom is -0.409 e. The van der Waals surface area contributed by atoms with Gasteiger partial charge in [0.25, 0.3) is 0 Å². The summed E-state index contributed by atoms with van der Waals surface area (Å²) >= 11 is 0. The Morgan fingerprint density at radius 3 is 2.87 bits per heavy atom. The molecule has 0 aromatic carbocycles. The molecule has 0 saturated carbocycles. The van der Waals surface area contributed by atoms with Gasteiger partial charge in [-0.2, -0.15) is 0 Å². The Morgan fingerprint density at radius 2 is 2.40 bits per heavy atom. The van der Waals surface area contributed by atoms with Gasteiger partial charge >= 0.3 is 0 Å². The first-order valence-electron chi connectivity index (χ1n) is 5.36. The fourth-order valence-electron chi connectivity index (χ4n) is 2.07. The molecule has 1 aliphatic heterocycles. The van der Waals surface area contributed by atoms with Crippen molar-refractivity contribution in [3.05, 3.63) is 0 Å². The molecule has 3 N–H and O–H groups in total. The number of likely N-dealkylation sites (N-methyl/N-ethyl adjacent to an activating group) is 1. The number of hydrogen-bond acceptors (Lipinski definition) is 4. The third-order valence-electron chi connectivity index (χ3n) is 3.19. The zero-order valence-electron chi connectivity index (χ0n) is 9.68. The fraction of sp³-hybridized carbons (Fsp3) is 0.900. The lowest BCUT2D eigenvalue weighted by Crippen LogP contribution is -2.43. The van der Waals surface area contributed by atoms with E-state index in [4.69, 9.17) is 15.7 Å². The second-order valence-electron chi connectivity index (χ2n) is 4.24. The van der Waals surface area contributed by atoms with Crippen molar-refractivity contribution < 1.29 is 9.94 Å². The number of ether oxygens (including phenoxy) is 1. The van der Waals surface area contributed by atoms with Gasteiger partial charge in [0, 0.05) is 25.1 Å². The minimum atomic E-state index is 0.259. The van der Waals surface area contributed by atoms with Crippen molar-refractivity contribution in [3.63, 3.8) is 0 Å². The van der Waals surface area contributed by atoms with E-state index in [0.717, 1.165) is 13.0 Å². The SMILES string of the molecule is CC1OCCC1N(C)C(C)CC(N)=NO. The maximum Gasteiger partial charge on any atom is 0.140 e. The van der Waals surface area contributed by atoms with E-state index < -0.39 is 0 Å². The molecule has 1 aliphatic rings. The van der Waals surface area contributed by atoms with Crippen LogP contribution in [0.25, 0.3) is 0 Å². The molecule has 1 fully saturated rings. The van der Waals surface area contributed by atoms with Crippen LogP contribution in [-0.4, -0.2) is 47.8 Å². The van der Waals surface area contributed by atoms with Gasteiger partial charge in [-0.1, -0.05) is 5.16 Å². The number of rotatable bonds is 4. The molecule has 0 amide bonds. The van der Waals surface area contributed by atoms with E-state index in [0.29, 0.717) is 12.5 Å². The summed E-state index contributed by atoms with van der Waals surface area (Å²) in [6.07, 6.45) is 1.90. The summed E-state index contributed by atoms with van der Waals surface area (Å²) in [4.78, 5) is 2.25. The first-order chi connectivity index (χ1) is 7.06. The number of oxime groups is 1. The summed E-state index contributed by atoms with van der Waals surface area (Å²) in [7, 11) is 2.06. The van der Waals surface area contributed by atoms with Gasteiger partial charge in [-0.25, -0.2) is 0 Å². The highest BCUT2D eigenvalue weighted by Crippen LogP contribution is 2.20. The Balaban J connectivity index is 2.48. The third-order valence-corrected chi connectivity index (χ3v) is 3.19. The van der Waals surface area contributed by atoms with Crippen molar-refractivity contribution in [2.75, 3.05) is 13.7 Å². The fourth-order valence-corrected chi connectivity index (χ4v) is 2.07. The smallest absolute Gasteiger partial charge is 0.140 e. The van der Waals surface area contributed by atoms with E-state index in [2.05, 4.69) is 31.0 Å². The van der Waals surface area contributed by atoms with Gasteiger partial charge in [-0.15, -0.1) is 0 Å². The molecule has 1 saturated heterocycles. The van der Waals surface area contributed by atoms with Gasteiger partial charge in [-0.05, 0) is 27.3 Å². The highest BCUT2D eigenvalue weighted by molar-refractivity contribution is 5.80. The number of amidine groups is 1. The van der Waals surface area contributed by atoms with Crippen molar-refractivity contribution in [2.24, 2.45) is 10.9 Å². The topological polar surface area (TPSA) is 71.1 Å². The number of nitrogens with zero attached hydrogens (tertiary/aromatic N) is 2. The van der Waals surface area contributed by atoms with Crippen molar-refractivity contribution in [3.8, 4) is 0 Å². The zero-order valence-corrected chi connectivity index (χ0v) is 9.68. The second kappa shape index (κ2) is 5.32. The van der Waals surface area contributed by atoms with Crippen LogP contribution in [0.1, 0.15) is 26.7 Å². The van der Waals surface area contributed by atoms with Crippen LogP contribution in [-0.2, 0) is 4.74 Å². The Kier molecular flexibility index (Phi) is 4.35. The van der Waals surface area contributed by atoms with E-state index in [1.165, 1.54) is 0 Å². The molecular formula is C10H21N3O2. The highest BCUT2D eigenvalue weighted by atomic mass is 16.5. The molecule has 88 valence electrons. The molecule has 0 radical (unpaired) electrons. The van der Waals surface area contributed by atoms with Crippen LogP contribution in [0.5, 0.6) is 0 Å². The van der Waals surface area contributed by atoms with Crippen molar-refractivity contribution in [1.82, 2.24) is 4.90 Å². The van der Waals surface area contributed by atoms with E-state index in [1.54, 1.807) is 0 Å². The lowest BCUT2D eigenvalue weighted by molar-refractivity contribution is 0.0715. The van der Waals surface area contributed by atoms with Crippen molar-refractivity contribution in [1.29, 1.82) is 0 Å². The minimum absolute atomic E-state index is 0.259. The average Bonchev–Trinajstić information content (AvgIpc) is 2.63. The van der Waals surface area contributed by atoms with Crippen LogP contribution in [0.15, 0.2) is 5.16 Å². The largest absolute Gasteiger partial charge is 0.409 e. The quantitative estimate of drug-likeness (QED) is 0.312. The van der Waals surface area contributed by atoms with Crippen LogP contribution < -0.4 is 5.73 Å². The Labute approximate surface area is 90.9 Å². The Hall–Kier alpha value is -0.810. The summed E-state index contributed by atoms with van der Waals surface area (Å²) in [6, 6.07) is 0.696. The molecule has 0 aromatic rings. The zero-order chi connectivity index (χ0) is 11.4. The molecule has 0 aliphatic carbocycles. The summed E-state index contributed by atoms with van der Waals surface area (Å²) in [5.74, 6) is 0.279. The predicted octanol–water partition coefficient (Wildman–Crippen LogP) is 0.621. The number of hydrogen-bond donors (Lipinski definition) is 2. The molecule has 3 unspecified atom stereocenters. The molecule has 0 bridgehead atoms. The maximum atomic E-state index is 8.50. The maximum absolute atomic E-state index is 8.50.